The van der Waals surface area contributed by atoms with Crippen LogP contribution in [0.5, 0.6) is 0 Å². The number of nitrogens with zero attached hydrogens (tertiary/aromatic N) is 2. The van der Waals surface area contributed by atoms with Gasteiger partial charge in [-0.2, -0.15) is 5.10 Å². The van der Waals surface area contributed by atoms with E-state index in [0.717, 1.165) is 0 Å². The number of carboxylic acids is 1. The maximum absolute atomic E-state index is 11.6. The summed E-state index contributed by atoms with van der Waals surface area (Å²) in [5.41, 5.74) is 0.295. The molecule has 2 N–H and O–H groups in total. The van der Waals surface area contributed by atoms with Gasteiger partial charge in [-0.25, -0.2) is 9.59 Å². The van der Waals surface area contributed by atoms with E-state index in [4.69, 9.17) is 4.74 Å². The minimum absolute atomic E-state index is 0.431. The van der Waals surface area contributed by atoms with E-state index < -0.39 is 23.7 Å². The molecular formula is C12H19N3O4. The van der Waals surface area contributed by atoms with Gasteiger partial charge in [0.2, 0.25) is 0 Å². The van der Waals surface area contributed by atoms with Crippen molar-refractivity contribution < 1.29 is 19.4 Å². The highest BCUT2D eigenvalue weighted by Gasteiger charge is 2.27. The summed E-state index contributed by atoms with van der Waals surface area (Å²) in [4.78, 5) is 22.9. The first-order valence-electron chi connectivity index (χ1n) is 5.82. The number of carbonyl (C=O) groups excluding carboxylic acids is 1. The molecule has 1 aromatic heterocycles. The van der Waals surface area contributed by atoms with Crippen LogP contribution in [0.1, 0.15) is 38.1 Å². The molecule has 0 saturated heterocycles. The van der Waals surface area contributed by atoms with Crippen LogP contribution in [0.3, 0.4) is 0 Å². The standard InChI is InChI=1S/C12H19N3O4/c1-7-8(6-15(5)14-7)9(10(16)17)13-11(18)19-12(2,3)4/h6,9H,1-5H3,(H,13,18)(H,16,17). The van der Waals surface area contributed by atoms with Crippen molar-refractivity contribution in [3.05, 3.63) is 17.5 Å². The molecule has 0 radical (unpaired) electrons. The Hall–Kier alpha value is -2.05. The summed E-state index contributed by atoms with van der Waals surface area (Å²) < 4.78 is 6.54. The Morgan fingerprint density at radius 2 is 2.05 bits per heavy atom. The van der Waals surface area contributed by atoms with E-state index in [2.05, 4.69) is 10.4 Å². The summed E-state index contributed by atoms with van der Waals surface area (Å²) in [7, 11) is 1.68. The van der Waals surface area contributed by atoms with Crippen molar-refractivity contribution in [3.8, 4) is 0 Å². The van der Waals surface area contributed by atoms with E-state index in [0.29, 0.717) is 11.3 Å². The molecule has 0 bridgehead atoms. The monoisotopic (exact) mass is 269 g/mol. The Balaban J connectivity index is 2.89. The van der Waals surface area contributed by atoms with Gasteiger partial charge in [0, 0.05) is 18.8 Å². The van der Waals surface area contributed by atoms with E-state index in [-0.39, 0.29) is 0 Å². The van der Waals surface area contributed by atoms with Crippen molar-refractivity contribution >= 4 is 12.1 Å². The predicted octanol–water partition coefficient (Wildman–Crippen LogP) is 1.38. The van der Waals surface area contributed by atoms with Crippen molar-refractivity contribution in [3.63, 3.8) is 0 Å². The lowest BCUT2D eigenvalue weighted by Crippen LogP contribution is -2.38. The second kappa shape index (κ2) is 5.29. The molecule has 0 saturated carbocycles. The molecule has 1 atom stereocenters. The molecule has 7 heteroatoms. The van der Waals surface area contributed by atoms with Crippen LogP contribution in [0.4, 0.5) is 4.79 Å². The van der Waals surface area contributed by atoms with Crippen LogP contribution in [0.25, 0.3) is 0 Å². The third-order valence-electron chi connectivity index (χ3n) is 2.27. The Labute approximate surface area is 111 Å². The molecule has 0 aliphatic rings. The Morgan fingerprint density at radius 1 is 1.47 bits per heavy atom. The lowest BCUT2D eigenvalue weighted by molar-refractivity contribution is -0.139. The van der Waals surface area contributed by atoms with Gasteiger partial charge in [0.05, 0.1) is 5.69 Å². The van der Waals surface area contributed by atoms with Crippen LogP contribution in [-0.2, 0) is 16.6 Å². The topological polar surface area (TPSA) is 93.5 Å². The van der Waals surface area contributed by atoms with Crippen molar-refractivity contribution in [2.75, 3.05) is 0 Å². The highest BCUT2D eigenvalue weighted by molar-refractivity contribution is 5.81. The van der Waals surface area contributed by atoms with Gasteiger partial charge in [-0.3, -0.25) is 4.68 Å². The van der Waals surface area contributed by atoms with Crippen molar-refractivity contribution in [2.45, 2.75) is 39.3 Å². The van der Waals surface area contributed by atoms with Crippen molar-refractivity contribution in [1.82, 2.24) is 15.1 Å². The molecule has 1 heterocycles. The number of aryl methyl sites for hydroxylation is 2. The normalized spacial score (nSPS) is 12.9. The first kappa shape index (κ1) is 15.0. The average molecular weight is 269 g/mol. The average Bonchev–Trinajstić information content (AvgIpc) is 2.51. The minimum Gasteiger partial charge on any atom is -0.479 e. The first-order valence-corrected chi connectivity index (χ1v) is 5.82. The second-order valence-corrected chi connectivity index (χ2v) is 5.26. The van der Waals surface area contributed by atoms with Gasteiger partial charge < -0.3 is 15.2 Å². The number of carbonyl (C=O) groups is 2. The molecule has 0 aliphatic heterocycles. The first-order chi connectivity index (χ1) is 8.60. The van der Waals surface area contributed by atoms with Crippen LogP contribution < -0.4 is 5.32 Å². The van der Waals surface area contributed by atoms with Gasteiger partial charge in [-0.15, -0.1) is 0 Å². The molecule has 106 valence electrons. The number of aromatic nitrogens is 2. The summed E-state index contributed by atoms with van der Waals surface area (Å²) in [6.45, 7) is 6.80. The highest BCUT2D eigenvalue weighted by Crippen LogP contribution is 2.17. The number of nitrogens with one attached hydrogen (secondary N) is 1. The molecule has 1 rings (SSSR count). The molecule has 1 unspecified atom stereocenters. The zero-order chi connectivity index (χ0) is 14.8. The summed E-state index contributed by atoms with van der Waals surface area (Å²) >= 11 is 0. The number of hydrogen-bond acceptors (Lipinski definition) is 4. The molecule has 0 aromatic carbocycles. The van der Waals surface area contributed by atoms with Gasteiger partial charge in [0.25, 0.3) is 0 Å². The number of hydrogen-bond donors (Lipinski definition) is 2. The largest absolute Gasteiger partial charge is 0.479 e. The maximum Gasteiger partial charge on any atom is 0.408 e. The summed E-state index contributed by atoms with van der Waals surface area (Å²) in [6, 6.07) is -1.18. The number of rotatable bonds is 3. The van der Waals surface area contributed by atoms with E-state index in [1.165, 1.54) is 4.68 Å². The van der Waals surface area contributed by atoms with E-state index in [1.54, 1.807) is 40.9 Å². The van der Waals surface area contributed by atoms with Gasteiger partial charge in [0.1, 0.15) is 5.60 Å². The van der Waals surface area contributed by atoms with Gasteiger partial charge in [0.15, 0.2) is 6.04 Å². The number of aliphatic carboxylic acids is 1. The second-order valence-electron chi connectivity index (χ2n) is 5.26. The van der Waals surface area contributed by atoms with Crippen LogP contribution >= 0.6 is 0 Å². The quantitative estimate of drug-likeness (QED) is 0.864. The van der Waals surface area contributed by atoms with Crippen LogP contribution in [0.2, 0.25) is 0 Å². The van der Waals surface area contributed by atoms with Crippen molar-refractivity contribution in [1.29, 1.82) is 0 Å². The molecule has 1 amide bonds. The summed E-state index contributed by atoms with van der Waals surface area (Å²) in [5, 5.41) is 15.6. The fourth-order valence-electron chi connectivity index (χ4n) is 1.60. The number of ether oxygens (including phenoxy) is 1. The Bertz CT molecular complexity index is 488. The zero-order valence-corrected chi connectivity index (χ0v) is 11.7. The zero-order valence-electron chi connectivity index (χ0n) is 11.7. The fourth-order valence-corrected chi connectivity index (χ4v) is 1.60. The SMILES string of the molecule is Cc1nn(C)cc1C(NC(=O)OC(C)(C)C)C(=O)O. The van der Waals surface area contributed by atoms with Gasteiger partial charge in [-0.1, -0.05) is 0 Å². The highest BCUT2D eigenvalue weighted by atomic mass is 16.6. The fraction of sp³-hybridized carbons (Fsp3) is 0.583. The summed E-state index contributed by atoms with van der Waals surface area (Å²) in [6.07, 6.45) is 0.786. The van der Waals surface area contributed by atoms with Crippen LogP contribution in [-0.4, -0.2) is 32.6 Å². The lowest BCUT2D eigenvalue weighted by atomic mass is 10.1. The molecule has 19 heavy (non-hydrogen) atoms. The van der Waals surface area contributed by atoms with Crippen molar-refractivity contribution in [2.24, 2.45) is 7.05 Å². The molecule has 1 aromatic rings. The lowest BCUT2D eigenvalue weighted by Gasteiger charge is -2.21. The molecule has 0 fully saturated rings. The maximum atomic E-state index is 11.6. The molecule has 0 aliphatic carbocycles. The molecule has 0 spiro atoms. The number of carboxylic acid groups (broad SMARTS) is 1. The third-order valence-corrected chi connectivity index (χ3v) is 2.27. The smallest absolute Gasteiger partial charge is 0.408 e. The minimum atomic E-state index is -1.18. The van der Waals surface area contributed by atoms with E-state index in [1.807, 2.05) is 0 Å². The predicted molar refractivity (Wildman–Crippen MR) is 67.7 cm³/mol. The van der Waals surface area contributed by atoms with Crippen LogP contribution in [0, 0.1) is 6.92 Å². The Kier molecular flexibility index (Phi) is 4.18. The Morgan fingerprint density at radius 3 is 2.42 bits per heavy atom. The third kappa shape index (κ3) is 4.27. The van der Waals surface area contributed by atoms with Crippen LogP contribution in [0.15, 0.2) is 6.20 Å². The number of amides is 1. The molecule has 7 nitrogen and oxygen atoms in total. The van der Waals surface area contributed by atoms with Gasteiger partial charge >= 0.3 is 12.1 Å². The van der Waals surface area contributed by atoms with Gasteiger partial charge in [-0.05, 0) is 27.7 Å². The van der Waals surface area contributed by atoms with E-state index in [9.17, 15) is 14.7 Å². The number of alkyl carbamates (subject to hydrolysis) is 1. The van der Waals surface area contributed by atoms with E-state index >= 15 is 0 Å². The summed E-state index contributed by atoms with van der Waals surface area (Å²) in [5.74, 6) is -1.16. The molecular weight excluding hydrogens is 250 g/mol.